The molecule has 180 valence electrons. The normalized spacial score (nSPS) is 14.5. The molecule has 0 unspecified atom stereocenters. The van der Waals surface area contributed by atoms with Crippen LogP contribution < -0.4 is 0 Å². The van der Waals surface area contributed by atoms with E-state index in [0.717, 1.165) is 0 Å². The fraction of sp³-hybridized carbons (Fsp3) is 0.429. The number of rotatable bonds is 4. The van der Waals surface area contributed by atoms with Crippen LogP contribution >= 0.6 is 0 Å². The molecule has 33 heavy (non-hydrogen) atoms. The maximum Gasteiger partial charge on any atom is 0.416 e. The van der Waals surface area contributed by atoms with Gasteiger partial charge in [0, 0.05) is 25.0 Å². The Morgan fingerprint density at radius 2 is 1.58 bits per heavy atom. The van der Waals surface area contributed by atoms with Gasteiger partial charge in [0.15, 0.2) is 0 Å². The van der Waals surface area contributed by atoms with Gasteiger partial charge in [0.2, 0.25) is 0 Å². The van der Waals surface area contributed by atoms with Crippen LogP contribution in [0.25, 0.3) is 0 Å². The summed E-state index contributed by atoms with van der Waals surface area (Å²) in [6.45, 7) is 1.90. The highest BCUT2D eigenvalue weighted by Crippen LogP contribution is 2.36. The Morgan fingerprint density at radius 3 is 2.15 bits per heavy atom. The Bertz CT molecular complexity index is 996. The van der Waals surface area contributed by atoms with Crippen LogP contribution in [0.15, 0.2) is 30.5 Å². The molecule has 0 aliphatic carbocycles. The van der Waals surface area contributed by atoms with Gasteiger partial charge in [0.1, 0.15) is 6.61 Å². The second kappa shape index (κ2) is 9.36. The largest absolute Gasteiger partial charge is 0.462 e. The Morgan fingerprint density at radius 1 is 0.939 bits per heavy atom. The van der Waals surface area contributed by atoms with Crippen molar-refractivity contribution in [3.05, 3.63) is 58.4 Å². The number of carbonyl (C=O) groups is 2. The first-order valence-electron chi connectivity index (χ1n) is 9.94. The van der Waals surface area contributed by atoms with Gasteiger partial charge in [0.05, 0.1) is 29.8 Å². The highest BCUT2D eigenvalue weighted by molar-refractivity contribution is 5.89. The number of halogens is 6. The lowest BCUT2D eigenvalue weighted by molar-refractivity contribution is -0.143. The predicted molar refractivity (Wildman–Crippen MR) is 102 cm³/mol. The van der Waals surface area contributed by atoms with Crippen LogP contribution in [0.2, 0.25) is 0 Å². The van der Waals surface area contributed by atoms with Gasteiger partial charge in [-0.3, -0.25) is 0 Å². The van der Waals surface area contributed by atoms with Crippen molar-refractivity contribution in [3.63, 3.8) is 0 Å². The molecule has 6 nitrogen and oxygen atoms in total. The molecule has 0 N–H and O–H groups in total. The number of hydrogen-bond donors (Lipinski definition) is 0. The zero-order valence-electron chi connectivity index (χ0n) is 17.4. The van der Waals surface area contributed by atoms with E-state index in [9.17, 15) is 35.9 Å². The lowest BCUT2D eigenvalue weighted by Crippen LogP contribution is -2.31. The molecule has 1 aliphatic heterocycles. The molecule has 12 heteroatoms. The van der Waals surface area contributed by atoms with Crippen molar-refractivity contribution in [1.82, 2.24) is 9.47 Å². The number of carbonyl (C=O) groups excluding carboxylic acids is 2. The quantitative estimate of drug-likeness (QED) is 0.445. The van der Waals surface area contributed by atoms with Crippen molar-refractivity contribution in [1.29, 1.82) is 0 Å². The van der Waals surface area contributed by atoms with Crippen molar-refractivity contribution < 1.29 is 45.4 Å². The minimum atomic E-state index is -4.99. The minimum absolute atomic E-state index is 0.00934. The number of amides is 1. The second-order valence-electron chi connectivity index (χ2n) is 7.38. The summed E-state index contributed by atoms with van der Waals surface area (Å²) < 4.78 is 89.7. The fourth-order valence-electron chi connectivity index (χ4n) is 3.42. The number of nitrogens with zero attached hydrogens (tertiary/aromatic N) is 2. The Hall–Kier alpha value is -3.18. The van der Waals surface area contributed by atoms with Gasteiger partial charge < -0.3 is 18.9 Å². The zero-order chi connectivity index (χ0) is 24.4. The van der Waals surface area contributed by atoms with E-state index in [1.165, 1.54) is 4.90 Å². The fourth-order valence-corrected chi connectivity index (χ4v) is 3.42. The summed E-state index contributed by atoms with van der Waals surface area (Å²) in [6.07, 6.45) is -8.78. The number of esters is 1. The third-order valence-corrected chi connectivity index (χ3v) is 4.94. The minimum Gasteiger partial charge on any atom is -0.462 e. The zero-order valence-corrected chi connectivity index (χ0v) is 17.4. The van der Waals surface area contributed by atoms with E-state index < -0.39 is 47.7 Å². The lowest BCUT2D eigenvalue weighted by Gasteiger charge is -2.20. The van der Waals surface area contributed by atoms with Gasteiger partial charge in [-0.05, 0) is 43.2 Å². The van der Waals surface area contributed by atoms with Gasteiger partial charge in [0.25, 0.3) is 0 Å². The third kappa shape index (κ3) is 5.99. The van der Waals surface area contributed by atoms with Crippen molar-refractivity contribution in [2.24, 2.45) is 0 Å². The number of alkyl halides is 6. The second-order valence-corrected chi connectivity index (χ2v) is 7.38. The van der Waals surface area contributed by atoms with E-state index in [0.29, 0.717) is 36.4 Å². The molecule has 0 bridgehead atoms. The summed E-state index contributed by atoms with van der Waals surface area (Å²) in [7, 11) is 0. The van der Waals surface area contributed by atoms with E-state index in [4.69, 9.17) is 9.47 Å². The summed E-state index contributed by atoms with van der Waals surface area (Å²) in [5.41, 5.74) is -2.48. The molecule has 0 radical (unpaired) electrons. The molecule has 0 fully saturated rings. The Balaban J connectivity index is 1.72. The van der Waals surface area contributed by atoms with Crippen molar-refractivity contribution >= 4 is 12.1 Å². The first-order valence-corrected chi connectivity index (χ1v) is 9.94. The van der Waals surface area contributed by atoms with E-state index in [2.05, 4.69) is 0 Å². The average molecular weight is 478 g/mol. The van der Waals surface area contributed by atoms with Gasteiger partial charge in [-0.2, -0.15) is 26.3 Å². The van der Waals surface area contributed by atoms with E-state index in [1.807, 2.05) is 0 Å². The summed E-state index contributed by atoms with van der Waals surface area (Å²) in [6, 6.07) is 2.60. The molecule has 3 rings (SSSR count). The molecule has 1 aliphatic rings. The molecule has 0 saturated carbocycles. The molecular weight excluding hydrogens is 458 g/mol. The molecular formula is C21H20F6N2O4. The summed E-state index contributed by atoms with van der Waals surface area (Å²) >= 11 is 0. The van der Waals surface area contributed by atoms with Crippen LogP contribution in [-0.4, -0.2) is 34.7 Å². The third-order valence-electron chi connectivity index (χ3n) is 4.94. The first-order chi connectivity index (χ1) is 15.4. The summed E-state index contributed by atoms with van der Waals surface area (Å²) in [4.78, 5) is 25.7. The topological polar surface area (TPSA) is 60.8 Å². The number of aromatic nitrogens is 1. The van der Waals surface area contributed by atoms with Crippen LogP contribution in [0.5, 0.6) is 0 Å². The summed E-state index contributed by atoms with van der Waals surface area (Å²) in [5, 5.41) is 0. The van der Waals surface area contributed by atoms with Gasteiger partial charge in [-0.15, -0.1) is 0 Å². The maximum atomic E-state index is 13.0. The molecule has 0 spiro atoms. The summed E-state index contributed by atoms with van der Waals surface area (Å²) in [5.74, 6) is -0.516. The molecule has 1 amide bonds. The molecule has 2 heterocycles. The van der Waals surface area contributed by atoms with Crippen LogP contribution in [0.1, 0.15) is 46.1 Å². The van der Waals surface area contributed by atoms with E-state index >= 15 is 0 Å². The number of ether oxygens (including phenoxy) is 2. The van der Waals surface area contributed by atoms with Crippen molar-refractivity contribution in [2.45, 2.75) is 45.4 Å². The molecule has 2 aromatic rings. The Kier molecular flexibility index (Phi) is 6.94. The van der Waals surface area contributed by atoms with Crippen LogP contribution in [0.4, 0.5) is 31.1 Å². The average Bonchev–Trinajstić information content (AvgIpc) is 3.02. The number of fused-ring (bicyclic) bond motifs is 1. The first kappa shape index (κ1) is 24.5. The monoisotopic (exact) mass is 478 g/mol. The molecule has 1 aromatic heterocycles. The SMILES string of the molecule is CCOC(=O)c1cc2n(c1)CCCN(C(=O)OCc1cc(C(F)(F)F)cc(C(F)(F)F)c1)C2. The predicted octanol–water partition coefficient (Wildman–Crippen LogP) is 5.24. The van der Waals surface area contributed by atoms with Gasteiger partial charge in [-0.1, -0.05) is 0 Å². The lowest BCUT2D eigenvalue weighted by atomic mass is 10.1. The maximum absolute atomic E-state index is 13.0. The number of hydrogen-bond acceptors (Lipinski definition) is 4. The number of benzene rings is 1. The van der Waals surface area contributed by atoms with E-state index in [-0.39, 0.29) is 25.8 Å². The highest BCUT2D eigenvalue weighted by Gasteiger charge is 2.37. The van der Waals surface area contributed by atoms with Crippen molar-refractivity contribution in [2.75, 3.05) is 13.2 Å². The van der Waals surface area contributed by atoms with Crippen LogP contribution in [0, 0.1) is 0 Å². The van der Waals surface area contributed by atoms with Crippen molar-refractivity contribution in [3.8, 4) is 0 Å². The number of aryl methyl sites for hydroxylation is 1. The van der Waals surface area contributed by atoms with Crippen LogP contribution in [0.3, 0.4) is 0 Å². The molecule has 0 atom stereocenters. The van der Waals surface area contributed by atoms with Gasteiger partial charge in [-0.25, -0.2) is 9.59 Å². The van der Waals surface area contributed by atoms with Crippen LogP contribution in [-0.2, 0) is 41.5 Å². The molecule has 0 saturated heterocycles. The highest BCUT2D eigenvalue weighted by atomic mass is 19.4. The Labute approximate surface area is 184 Å². The van der Waals surface area contributed by atoms with Gasteiger partial charge >= 0.3 is 24.4 Å². The smallest absolute Gasteiger partial charge is 0.416 e. The molecule has 1 aromatic carbocycles. The standard InChI is InChI=1S/C21H20F6N2O4/c1-2-32-18(30)14-8-17-11-29(5-3-4-28(17)10-14)19(31)33-12-13-6-15(20(22,23)24)9-16(7-13)21(25,26)27/h6-10H,2-5,11-12H2,1H3. The van der Waals surface area contributed by atoms with E-state index in [1.54, 1.807) is 23.8 Å².